The molecule has 1 heterocycles. The van der Waals surface area contributed by atoms with Gasteiger partial charge in [-0.1, -0.05) is 12.2 Å². The van der Waals surface area contributed by atoms with E-state index in [1.165, 1.54) is 0 Å². The molecule has 1 fully saturated rings. The average Bonchev–Trinajstić information content (AvgIpc) is 2.30. The predicted octanol–water partition coefficient (Wildman–Crippen LogP) is 2.53. The van der Waals surface area contributed by atoms with E-state index < -0.39 is 0 Å². The molecule has 0 bridgehead atoms. The Morgan fingerprint density at radius 2 is 2.07 bits per heavy atom. The van der Waals surface area contributed by atoms with Crippen molar-refractivity contribution in [1.82, 2.24) is 5.32 Å². The van der Waals surface area contributed by atoms with Gasteiger partial charge in [-0.05, 0) is 38.6 Å². The highest BCUT2D eigenvalue weighted by Crippen LogP contribution is 2.24. The second-order valence-electron chi connectivity index (χ2n) is 4.40. The number of alkyl halides is 1. The second-order valence-corrected chi connectivity index (χ2v) is 5.02. The van der Waals surface area contributed by atoms with Gasteiger partial charge in [0, 0.05) is 17.6 Å². The SMILES string of the molecule is ClC1CCC(N=CC2C=CCCN2)CC1. The highest BCUT2D eigenvalue weighted by atomic mass is 35.5. The van der Waals surface area contributed by atoms with Crippen LogP contribution in [0.3, 0.4) is 0 Å². The van der Waals surface area contributed by atoms with Crippen LogP contribution in [0.25, 0.3) is 0 Å². The van der Waals surface area contributed by atoms with Crippen LogP contribution >= 0.6 is 11.6 Å². The summed E-state index contributed by atoms with van der Waals surface area (Å²) in [5.41, 5.74) is 0. The van der Waals surface area contributed by atoms with Gasteiger partial charge in [0.25, 0.3) is 0 Å². The Bertz CT molecular complexity index is 242. The van der Waals surface area contributed by atoms with Crippen molar-refractivity contribution < 1.29 is 0 Å². The monoisotopic (exact) mass is 226 g/mol. The summed E-state index contributed by atoms with van der Waals surface area (Å²) in [6.45, 7) is 1.07. The summed E-state index contributed by atoms with van der Waals surface area (Å²) < 4.78 is 0. The van der Waals surface area contributed by atoms with E-state index >= 15 is 0 Å². The lowest BCUT2D eigenvalue weighted by molar-refractivity contribution is 0.448. The first-order chi connectivity index (χ1) is 7.34. The first-order valence-corrected chi connectivity index (χ1v) is 6.35. The maximum Gasteiger partial charge on any atom is 0.0606 e. The summed E-state index contributed by atoms with van der Waals surface area (Å²) in [5.74, 6) is 0. The molecular weight excluding hydrogens is 208 g/mol. The van der Waals surface area contributed by atoms with Crippen LogP contribution in [0.2, 0.25) is 0 Å². The molecule has 0 amide bonds. The van der Waals surface area contributed by atoms with E-state index in [-0.39, 0.29) is 0 Å². The zero-order valence-corrected chi connectivity index (χ0v) is 9.79. The molecule has 3 heteroatoms. The predicted molar refractivity (Wildman–Crippen MR) is 65.9 cm³/mol. The third kappa shape index (κ3) is 3.62. The Kier molecular flexibility index (Phi) is 4.21. The minimum atomic E-state index is 0.354. The van der Waals surface area contributed by atoms with E-state index in [0.29, 0.717) is 17.5 Å². The maximum absolute atomic E-state index is 6.06. The molecule has 0 spiro atoms. The van der Waals surface area contributed by atoms with Crippen LogP contribution < -0.4 is 5.32 Å². The van der Waals surface area contributed by atoms with Gasteiger partial charge in [0.2, 0.25) is 0 Å². The molecule has 0 aromatic carbocycles. The smallest absolute Gasteiger partial charge is 0.0606 e. The van der Waals surface area contributed by atoms with Crippen molar-refractivity contribution in [2.24, 2.45) is 4.99 Å². The Morgan fingerprint density at radius 3 is 2.73 bits per heavy atom. The summed E-state index contributed by atoms with van der Waals surface area (Å²) in [7, 11) is 0. The minimum absolute atomic E-state index is 0.354. The number of nitrogens with one attached hydrogen (secondary N) is 1. The topological polar surface area (TPSA) is 24.4 Å². The normalized spacial score (nSPS) is 37.3. The largest absolute Gasteiger partial charge is 0.306 e. The minimum Gasteiger partial charge on any atom is -0.306 e. The summed E-state index contributed by atoms with van der Waals surface area (Å²) in [6.07, 6.45) is 12.2. The summed E-state index contributed by atoms with van der Waals surface area (Å²) in [4.78, 5) is 4.64. The quantitative estimate of drug-likeness (QED) is 0.437. The van der Waals surface area contributed by atoms with Crippen LogP contribution in [0.1, 0.15) is 32.1 Å². The van der Waals surface area contributed by atoms with Crippen LogP contribution in [-0.2, 0) is 0 Å². The summed E-state index contributed by atoms with van der Waals surface area (Å²) in [5, 5.41) is 3.80. The molecule has 84 valence electrons. The zero-order valence-electron chi connectivity index (χ0n) is 9.03. The lowest BCUT2D eigenvalue weighted by Gasteiger charge is -2.22. The molecule has 1 atom stereocenters. The van der Waals surface area contributed by atoms with Crippen molar-refractivity contribution >= 4 is 17.8 Å². The van der Waals surface area contributed by atoms with Crippen LogP contribution in [0.5, 0.6) is 0 Å². The molecule has 0 saturated heterocycles. The highest BCUT2D eigenvalue weighted by molar-refractivity contribution is 6.20. The molecule has 0 aromatic heterocycles. The molecule has 15 heavy (non-hydrogen) atoms. The van der Waals surface area contributed by atoms with Crippen molar-refractivity contribution in [3.63, 3.8) is 0 Å². The van der Waals surface area contributed by atoms with Gasteiger partial charge in [0.1, 0.15) is 0 Å². The van der Waals surface area contributed by atoms with E-state index in [9.17, 15) is 0 Å². The van der Waals surface area contributed by atoms with Gasteiger partial charge in [-0.15, -0.1) is 11.6 Å². The first kappa shape index (κ1) is 11.2. The van der Waals surface area contributed by atoms with Crippen molar-refractivity contribution in [2.45, 2.75) is 49.6 Å². The zero-order chi connectivity index (χ0) is 10.5. The van der Waals surface area contributed by atoms with E-state index in [0.717, 1.165) is 38.6 Å². The number of nitrogens with zero attached hydrogens (tertiary/aromatic N) is 1. The van der Waals surface area contributed by atoms with Crippen LogP contribution in [0.15, 0.2) is 17.1 Å². The van der Waals surface area contributed by atoms with Gasteiger partial charge in [-0.25, -0.2) is 0 Å². The standard InChI is InChI=1S/C12H19ClN2/c13-10-4-6-11(7-5-10)15-9-12-3-1-2-8-14-12/h1,3,9-12,14H,2,4-8H2. The van der Waals surface area contributed by atoms with Crippen LogP contribution in [0, 0.1) is 0 Å². The molecule has 2 aliphatic rings. The molecule has 1 N–H and O–H groups in total. The Hall–Kier alpha value is -0.340. The fourth-order valence-electron chi connectivity index (χ4n) is 2.15. The number of hydrogen-bond acceptors (Lipinski definition) is 2. The lowest BCUT2D eigenvalue weighted by Crippen LogP contribution is -2.32. The molecule has 2 nitrogen and oxygen atoms in total. The molecule has 0 radical (unpaired) electrons. The third-order valence-electron chi connectivity index (χ3n) is 3.12. The molecule has 0 aromatic rings. The number of aliphatic imine (C=N–C) groups is 1. The highest BCUT2D eigenvalue weighted by Gasteiger charge is 2.18. The maximum atomic E-state index is 6.06. The van der Waals surface area contributed by atoms with Crippen molar-refractivity contribution in [2.75, 3.05) is 6.54 Å². The molecule has 1 aliphatic carbocycles. The van der Waals surface area contributed by atoms with Gasteiger partial charge in [-0.2, -0.15) is 0 Å². The Morgan fingerprint density at radius 1 is 1.27 bits per heavy atom. The van der Waals surface area contributed by atoms with E-state index in [4.69, 9.17) is 11.6 Å². The summed E-state index contributed by atoms with van der Waals surface area (Å²) >= 11 is 6.06. The fraction of sp³-hybridized carbons (Fsp3) is 0.750. The van der Waals surface area contributed by atoms with E-state index in [2.05, 4.69) is 28.7 Å². The molecule has 1 unspecified atom stereocenters. The number of halogens is 1. The number of hydrogen-bond donors (Lipinski definition) is 1. The van der Waals surface area contributed by atoms with E-state index in [1.54, 1.807) is 0 Å². The molecule has 2 rings (SSSR count). The number of rotatable bonds is 2. The molecule has 1 aliphatic heterocycles. The Labute approximate surface area is 96.8 Å². The fourth-order valence-corrected chi connectivity index (χ4v) is 2.40. The molecular formula is C12H19ClN2. The van der Waals surface area contributed by atoms with Gasteiger partial charge in [0.15, 0.2) is 0 Å². The third-order valence-corrected chi connectivity index (χ3v) is 3.55. The van der Waals surface area contributed by atoms with E-state index in [1.807, 2.05) is 0 Å². The van der Waals surface area contributed by atoms with Gasteiger partial charge in [0.05, 0.1) is 6.04 Å². The van der Waals surface area contributed by atoms with Crippen LogP contribution in [0.4, 0.5) is 0 Å². The van der Waals surface area contributed by atoms with Crippen LogP contribution in [-0.4, -0.2) is 30.2 Å². The van der Waals surface area contributed by atoms with Gasteiger partial charge >= 0.3 is 0 Å². The Balaban J connectivity index is 1.78. The second kappa shape index (κ2) is 5.66. The van der Waals surface area contributed by atoms with Gasteiger partial charge < -0.3 is 5.32 Å². The first-order valence-electron chi connectivity index (χ1n) is 5.92. The lowest BCUT2D eigenvalue weighted by atomic mass is 9.95. The molecule has 1 saturated carbocycles. The van der Waals surface area contributed by atoms with Gasteiger partial charge in [-0.3, -0.25) is 4.99 Å². The van der Waals surface area contributed by atoms with Crippen molar-refractivity contribution in [1.29, 1.82) is 0 Å². The van der Waals surface area contributed by atoms with Crippen molar-refractivity contribution in [3.8, 4) is 0 Å². The van der Waals surface area contributed by atoms with Crippen molar-refractivity contribution in [3.05, 3.63) is 12.2 Å². The average molecular weight is 227 g/mol. The summed E-state index contributed by atoms with van der Waals surface area (Å²) in [6, 6.07) is 0.865.